The first-order chi connectivity index (χ1) is 13.4. The van der Waals surface area contributed by atoms with E-state index in [1.807, 2.05) is 0 Å². The van der Waals surface area contributed by atoms with Crippen LogP contribution < -0.4 is 33.6 Å². The van der Waals surface area contributed by atoms with Crippen molar-refractivity contribution in [3.63, 3.8) is 0 Å². The molecule has 0 fully saturated rings. The zero-order valence-electron chi connectivity index (χ0n) is 19.5. The third kappa shape index (κ3) is 23.8. The van der Waals surface area contributed by atoms with Crippen molar-refractivity contribution in [3.8, 4) is 0 Å². The molecule has 0 heterocycles. The second-order valence-corrected chi connectivity index (χ2v) is 8.04. The zero-order valence-corrected chi connectivity index (χ0v) is 19.5. The van der Waals surface area contributed by atoms with Crippen LogP contribution in [0.2, 0.25) is 0 Å². The van der Waals surface area contributed by atoms with Crippen LogP contribution in [0.15, 0.2) is 0 Å². The minimum absolute atomic E-state index is 0.0757. The van der Waals surface area contributed by atoms with E-state index in [4.69, 9.17) is 22.9 Å². The Bertz CT molecular complexity index is 264. The molecule has 0 saturated carbocycles. The van der Waals surface area contributed by atoms with Crippen LogP contribution in [-0.2, 0) is 0 Å². The fourth-order valence-corrected chi connectivity index (χ4v) is 2.96. The van der Waals surface area contributed by atoms with Crippen molar-refractivity contribution >= 4 is 0 Å². The minimum atomic E-state index is 0.0757. The van der Waals surface area contributed by atoms with E-state index >= 15 is 0 Å². The van der Waals surface area contributed by atoms with Gasteiger partial charge in [0.1, 0.15) is 0 Å². The maximum absolute atomic E-state index is 5.93. The Balaban J connectivity index is 0. The quantitative estimate of drug-likeness (QED) is 0.153. The number of nitrogens with two attached hydrogens (primary N) is 4. The van der Waals surface area contributed by atoms with Crippen molar-refractivity contribution in [3.05, 3.63) is 0 Å². The molecule has 6 nitrogen and oxygen atoms in total. The van der Waals surface area contributed by atoms with Gasteiger partial charge in [-0.05, 0) is 25.7 Å². The van der Waals surface area contributed by atoms with E-state index < -0.39 is 0 Å². The highest BCUT2D eigenvalue weighted by Gasteiger charge is 2.07. The zero-order chi connectivity index (χ0) is 21.6. The summed E-state index contributed by atoms with van der Waals surface area (Å²) in [6.45, 7) is 8.75. The number of nitrogens with one attached hydrogen (secondary N) is 2. The normalized spacial score (nSPS) is 15.4. The molecule has 0 aliphatic rings. The third-order valence-corrected chi connectivity index (χ3v) is 4.83. The number of unbranched alkanes of at least 4 members (excludes halogenated alkanes) is 6. The molecular weight excluding hydrogens is 348 g/mol. The monoisotopic (exact) mass is 402 g/mol. The van der Waals surface area contributed by atoms with Gasteiger partial charge in [0.25, 0.3) is 0 Å². The van der Waals surface area contributed by atoms with Crippen LogP contribution in [-0.4, -0.2) is 24.7 Å². The molecule has 10 N–H and O–H groups in total. The molecule has 0 aliphatic carbocycles. The predicted molar refractivity (Wildman–Crippen MR) is 126 cm³/mol. The summed E-state index contributed by atoms with van der Waals surface area (Å²) in [6, 6.07) is 0. The molecule has 0 rings (SSSR count). The van der Waals surface area contributed by atoms with Crippen molar-refractivity contribution in [2.75, 3.05) is 0 Å². The molecule has 0 spiro atoms. The summed E-state index contributed by atoms with van der Waals surface area (Å²) in [6.07, 6.45) is 16.6. The molecule has 0 radical (unpaired) electrons. The van der Waals surface area contributed by atoms with E-state index in [0.29, 0.717) is 0 Å². The Morgan fingerprint density at radius 2 is 0.679 bits per heavy atom. The summed E-state index contributed by atoms with van der Waals surface area (Å²) in [5.41, 5.74) is 23.5. The van der Waals surface area contributed by atoms with Crippen LogP contribution in [0, 0.1) is 0 Å². The van der Waals surface area contributed by atoms with E-state index in [1.165, 1.54) is 64.2 Å². The van der Waals surface area contributed by atoms with E-state index in [-0.39, 0.29) is 24.7 Å². The number of hydrogen-bond acceptors (Lipinski definition) is 6. The van der Waals surface area contributed by atoms with E-state index in [0.717, 1.165) is 25.7 Å². The summed E-state index contributed by atoms with van der Waals surface area (Å²) in [4.78, 5) is 0. The molecule has 0 aromatic heterocycles. The second-order valence-electron chi connectivity index (χ2n) is 8.04. The molecule has 0 aromatic carbocycles. The van der Waals surface area contributed by atoms with Crippen LogP contribution in [0.3, 0.4) is 0 Å². The van der Waals surface area contributed by atoms with Crippen LogP contribution in [0.5, 0.6) is 0 Å². The Kier molecular flexibility index (Phi) is 24.7. The van der Waals surface area contributed by atoms with Gasteiger partial charge in [-0.25, -0.2) is 0 Å². The predicted octanol–water partition coefficient (Wildman–Crippen LogP) is 3.83. The molecule has 0 aliphatic heterocycles. The van der Waals surface area contributed by atoms with Crippen molar-refractivity contribution in [2.45, 2.75) is 142 Å². The lowest BCUT2D eigenvalue weighted by atomic mass is 10.1. The number of rotatable bonds is 18. The Labute approximate surface area is 176 Å². The van der Waals surface area contributed by atoms with Gasteiger partial charge in [0.05, 0.1) is 24.7 Å². The standard InChI is InChI=1S/C12H29N3.C10H25N3/c1-3-5-7-9-11(13)15-12(14)10-8-6-4-2;1-3-5-7-9(11)13-10(12)8-6-4-2/h11-12,15H,3-10,13-14H2,1-2H3;9-10,13H,3-8,11-12H2,1-2H3. The average molecular weight is 403 g/mol. The summed E-state index contributed by atoms with van der Waals surface area (Å²) in [5, 5.41) is 6.46. The summed E-state index contributed by atoms with van der Waals surface area (Å²) in [5.74, 6) is 0. The van der Waals surface area contributed by atoms with Crippen molar-refractivity contribution in [1.29, 1.82) is 0 Å². The minimum Gasteiger partial charge on any atom is -0.316 e. The van der Waals surface area contributed by atoms with E-state index in [1.54, 1.807) is 0 Å². The van der Waals surface area contributed by atoms with Crippen LogP contribution in [0.25, 0.3) is 0 Å². The molecule has 0 saturated heterocycles. The maximum atomic E-state index is 5.93. The lowest BCUT2D eigenvalue weighted by molar-refractivity contribution is 0.385. The van der Waals surface area contributed by atoms with Gasteiger partial charge < -0.3 is 22.9 Å². The Morgan fingerprint density at radius 1 is 0.429 bits per heavy atom. The van der Waals surface area contributed by atoms with Gasteiger partial charge in [0, 0.05) is 0 Å². The van der Waals surface area contributed by atoms with Gasteiger partial charge in [-0.3, -0.25) is 10.6 Å². The largest absolute Gasteiger partial charge is 0.316 e. The maximum Gasteiger partial charge on any atom is 0.0558 e. The van der Waals surface area contributed by atoms with Gasteiger partial charge >= 0.3 is 0 Å². The van der Waals surface area contributed by atoms with Crippen molar-refractivity contribution < 1.29 is 0 Å². The second kappa shape index (κ2) is 23.0. The molecule has 172 valence electrons. The number of hydrogen-bond donors (Lipinski definition) is 6. The average Bonchev–Trinajstić information content (AvgIpc) is 2.65. The van der Waals surface area contributed by atoms with Crippen LogP contribution in [0.4, 0.5) is 0 Å². The van der Waals surface area contributed by atoms with Gasteiger partial charge in [0.2, 0.25) is 0 Å². The summed E-state index contributed by atoms with van der Waals surface area (Å²) in [7, 11) is 0. The lowest BCUT2D eigenvalue weighted by Crippen LogP contribution is -2.48. The van der Waals surface area contributed by atoms with Gasteiger partial charge in [-0.15, -0.1) is 0 Å². The molecule has 4 atom stereocenters. The Hall–Kier alpha value is -0.240. The first-order valence-electron chi connectivity index (χ1n) is 11.9. The van der Waals surface area contributed by atoms with E-state index in [2.05, 4.69) is 38.3 Å². The fraction of sp³-hybridized carbons (Fsp3) is 1.00. The van der Waals surface area contributed by atoms with E-state index in [9.17, 15) is 0 Å². The SMILES string of the molecule is CCCCC(N)NC(N)CCCC.CCCCCC(N)NC(N)CCCCC. The first-order valence-corrected chi connectivity index (χ1v) is 11.9. The highest BCUT2D eigenvalue weighted by atomic mass is 15.1. The van der Waals surface area contributed by atoms with Gasteiger partial charge in [0.15, 0.2) is 0 Å². The fourth-order valence-electron chi connectivity index (χ4n) is 2.96. The van der Waals surface area contributed by atoms with Gasteiger partial charge in [-0.2, -0.15) is 0 Å². The molecule has 0 bridgehead atoms. The lowest BCUT2D eigenvalue weighted by Gasteiger charge is -2.19. The smallest absolute Gasteiger partial charge is 0.0558 e. The molecule has 28 heavy (non-hydrogen) atoms. The Morgan fingerprint density at radius 3 is 0.929 bits per heavy atom. The summed E-state index contributed by atoms with van der Waals surface area (Å²) < 4.78 is 0. The van der Waals surface area contributed by atoms with Crippen LogP contribution >= 0.6 is 0 Å². The molecule has 0 aromatic rings. The molecular formula is C22H54N6. The highest BCUT2D eigenvalue weighted by molar-refractivity contribution is 4.66. The highest BCUT2D eigenvalue weighted by Crippen LogP contribution is 2.03. The summed E-state index contributed by atoms with van der Waals surface area (Å²) >= 11 is 0. The van der Waals surface area contributed by atoms with Crippen LogP contribution in [0.1, 0.15) is 118 Å². The molecule has 4 unspecified atom stereocenters. The molecule has 0 amide bonds. The van der Waals surface area contributed by atoms with Crippen molar-refractivity contribution in [2.24, 2.45) is 22.9 Å². The molecule has 6 heteroatoms. The van der Waals surface area contributed by atoms with Crippen molar-refractivity contribution in [1.82, 2.24) is 10.6 Å². The van der Waals surface area contributed by atoms with Gasteiger partial charge in [-0.1, -0.05) is 91.9 Å². The third-order valence-electron chi connectivity index (χ3n) is 4.83. The first kappa shape index (κ1) is 30.0. The topological polar surface area (TPSA) is 128 Å².